The minimum Gasteiger partial charge on any atom is -0.492 e. The van der Waals surface area contributed by atoms with E-state index in [0.29, 0.717) is 40.8 Å². The number of nitrogens with one attached hydrogen (secondary N) is 1. The Bertz CT molecular complexity index is 1550. The van der Waals surface area contributed by atoms with Crippen LogP contribution in [0.5, 0.6) is 5.75 Å². The number of ether oxygens (including phenoxy) is 1. The number of β-amino-alcohol motifs (C(OH)–C–C–N with tert-alkyl or cyclic N) is 1. The van der Waals surface area contributed by atoms with E-state index in [1.54, 1.807) is 24.4 Å². The van der Waals surface area contributed by atoms with Crippen LogP contribution in [0.3, 0.4) is 0 Å². The Morgan fingerprint density at radius 2 is 1.88 bits per heavy atom. The van der Waals surface area contributed by atoms with Crippen LogP contribution in [-0.2, 0) is 6.54 Å². The summed E-state index contributed by atoms with van der Waals surface area (Å²) < 4.78 is 23.7. The number of aliphatic hydroxyl groups is 2. The predicted molar refractivity (Wildman–Crippen MR) is 162 cm³/mol. The molecule has 0 radical (unpaired) electrons. The number of methoxy groups -OCH3 is 1. The average Bonchev–Trinajstić information content (AvgIpc) is 3.79. The highest BCUT2D eigenvalue weighted by Gasteiger charge is 2.35. The third kappa shape index (κ3) is 5.96. The summed E-state index contributed by atoms with van der Waals surface area (Å²) in [4.78, 5) is 30.9. The number of hydrogen-bond donors (Lipinski definition) is 3. The van der Waals surface area contributed by atoms with Crippen molar-refractivity contribution in [3.63, 3.8) is 0 Å². The van der Waals surface area contributed by atoms with E-state index in [1.807, 2.05) is 23.3 Å². The van der Waals surface area contributed by atoms with E-state index in [4.69, 9.17) is 27.9 Å². The van der Waals surface area contributed by atoms with Crippen LogP contribution in [0.15, 0.2) is 35.3 Å². The summed E-state index contributed by atoms with van der Waals surface area (Å²) in [6, 6.07) is 6.09. The van der Waals surface area contributed by atoms with Gasteiger partial charge in [-0.05, 0) is 50.5 Å². The fourth-order valence-electron chi connectivity index (χ4n) is 5.87. The van der Waals surface area contributed by atoms with E-state index >= 15 is 4.39 Å². The van der Waals surface area contributed by atoms with Crippen LogP contribution >= 0.6 is 23.2 Å². The molecule has 2 heterocycles. The van der Waals surface area contributed by atoms with Crippen molar-refractivity contribution in [2.75, 3.05) is 38.3 Å². The summed E-state index contributed by atoms with van der Waals surface area (Å²) in [5.41, 5.74) is 0.679. The first kappa shape index (κ1) is 30.6. The van der Waals surface area contributed by atoms with E-state index in [1.165, 1.54) is 13.2 Å². The van der Waals surface area contributed by atoms with Crippen LogP contribution in [0, 0.1) is 5.82 Å². The molecule has 1 amide bonds. The molecule has 226 valence electrons. The number of amides is 1. The number of rotatable bonds is 9. The van der Waals surface area contributed by atoms with E-state index in [0.717, 1.165) is 12.8 Å². The molecular formula is C30H35Cl2FN4O5. The number of aliphatic hydroxyl groups excluding tert-OH is 2. The second kappa shape index (κ2) is 12.4. The fraction of sp³-hybridized carbons (Fsp3) is 0.467. The van der Waals surface area contributed by atoms with Gasteiger partial charge in [-0.2, -0.15) is 0 Å². The number of benzene rings is 2. The topological polar surface area (TPSA) is 107 Å². The minimum atomic E-state index is -0.865. The lowest BCUT2D eigenvalue weighted by atomic mass is 10.0. The Morgan fingerprint density at radius 3 is 2.48 bits per heavy atom. The number of nitrogens with zero attached hydrogens (tertiary/aromatic N) is 3. The fourth-order valence-corrected chi connectivity index (χ4v) is 6.34. The molecule has 1 aliphatic heterocycles. The Morgan fingerprint density at radius 1 is 1.19 bits per heavy atom. The molecular weight excluding hydrogens is 586 g/mol. The molecule has 1 aliphatic carbocycles. The first-order valence-electron chi connectivity index (χ1n) is 14.0. The third-order valence-electron chi connectivity index (χ3n) is 8.09. The Kier molecular flexibility index (Phi) is 9.01. The van der Waals surface area contributed by atoms with Crippen molar-refractivity contribution in [3.05, 3.63) is 67.7 Å². The van der Waals surface area contributed by atoms with Gasteiger partial charge in [-0.15, -0.1) is 0 Å². The Hall–Kier alpha value is -2.89. The van der Waals surface area contributed by atoms with Gasteiger partial charge in [0.05, 0.1) is 30.7 Å². The van der Waals surface area contributed by atoms with Gasteiger partial charge in [-0.1, -0.05) is 29.3 Å². The lowest BCUT2D eigenvalue weighted by Crippen LogP contribution is -2.58. The highest BCUT2D eigenvalue weighted by molar-refractivity contribution is 6.35. The van der Waals surface area contributed by atoms with Crippen molar-refractivity contribution in [1.29, 1.82) is 0 Å². The zero-order valence-electron chi connectivity index (χ0n) is 23.7. The number of halogens is 3. The van der Waals surface area contributed by atoms with Gasteiger partial charge in [-0.25, -0.2) is 4.39 Å². The lowest BCUT2D eigenvalue weighted by Gasteiger charge is -2.46. The number of fused-ring (bicyclic) bond motifs is 1. The van der Waals surface area contributed by atoms with Crippen LogP contribution in [0.25, 0.3) is 10.9 Å². The molecule has 1 aromatic heterocycles. The minimum absolute atomic E-state index is 0.0484. The van der Waals surface area contributed by atoms with Crippen LogP contribution in [0.2, 0.25) is 10.0 Å². The van der Waals surface area contributed by atoms with E-state index < -0.39 is 23.3 Å². The standard InChI is InChI=1S/C30H35Cl2FN4O5/c1-16-11-35(12-17(2)36(16)13-21(39)15-38)27-25(33)9-22-26(29(27)42-3)37(20-6-7-20)14-23(28(22)40)30(41)34-10-18-4-5-19(31)8-24(18)32/h4-5,8-9,14,16-17,20-21,38-39H,6-7,10-13,15H2,1-3H3,(H,34,41)/t16-,17+,21-/m1/s1. The molecule has 0 unspecified atom stereocenters. The Labute approximate surface area is 253 Å². The van der Waals surface area contributed by atoms with Gasteiger partial charge in [0, 0.05) is 60.5 Å². The number of anilines is 1. The van der Waals surface area contributed by atoms with Gasteiger partial charge in [0.1, 0.15) is 11.3 Å². The predicted octanol–water partition coefficient (Wildman–Crippen LogP) is 3.97. The maximum absolute atomic E-state index is 16.0. The monoisotopic (exact) mass is 620 g/mol. The van der Waals surface area contributed by atoms with Gasteiger partial charge in [-0.3, -0.25) is 14.5 Å². The number of aromatic nitrogens is 1. The lowest BCUT2D eigenvalue weighted by molar-refractivity contribution is 0.0257. The van der Waals surface area contributed by atoms with Crippen molar-refractivity contribution < 1.29 is 24.1 Å². The molecule has 42 heavy (non-hydrogen) atoms. The maximum Gasteiger partial charge on any atom is 0.257 e. The molecule has 3 aromatic rings. The van der Waals surface area contributed by atoms with Gasteiger partial charge >= 0.3 is 0 Å². The molecule has 1 saturated heterocycles. The molecule has 3 atom stereocenters. The van der Waals surface area contributed by atoms with Crippen LogP contribution in [0.1, 0.15) is 48.7 Å². The van der Waals surface area contributed by atoms with Crippen molar-refractivity contribution in [2.45, 2.75) is 57.5 Å². The largest absolute Gasteiger partial charge is 0.492 e. The maximum atomic E-state index is 16.0. The SMILES string of the molecule is COc1c(N2C[C@@H](C)N(C[C@@H](O)CO)[C@@H](C)C2)c(F)cc2c(=O)c(C(=O)NCc3ccc(Cl)cc3Cl)cn(C3CC3)c12. The summed E-state index contributed by atoms with van der Waals surface area (Å²) in [5.74, 6) is -0.959. The summed E-state index contributed by atoms with van der Waals surface area (Å²) in [6.07, 6.45) is 2.39. The molecule has 0 bridgehead atoms. The number of piperazine rings is 1. The van der Waals surface area contributed by atoms with Crippen LogP contribution in [0.4, 0.5) is 10.1 Å². The third-order valence-corrected chi connectivity index (χ3v) is 8.68. The highest BCUT2D eigenvalue weighted by atomic mass is 35.5. The van der Waals surface area contributed by atoms with Crippen molar-refractivity contribution in [1.82, 2.24) is 14.8 Å². The van der Waals surface area contributed by atoms with Crippen molar-refractivity contribution in [3.8, 4) is 5.75 Å². The second-order valence-electron chi connectivity index (χ2n) is 11.2. The molecule has 2 aliphatic rings. The molecule has 5 rings (SSSR count). The molecule has 12 heteroatoms. The normalized spacial score (nSPS) is 20.1. The average molecular weight is 622 g/mol. The first-order chi connectivity index (χ1) is 20.0. The van der Waals surface area contributed by atoms with E-state index in [-0.39, 0.29) is 53.7 Å². The van der Waals surface area contributed by atoms with Crippen molar-refractivity contribution in [2.24, 2.45) is 0 Å². The molecule has 3 N–H and O–H groups in total. The number of carbonyl (C=O) groups is 1. The Balaban J connectivity index is 1.52. The summed E-state index contributed by atoms with van der Waals surface area (Å²) >= 11 is 12.2. The van der Waals surface area contributed by atoms with Gasteiger partial charge < -0.3 is 29.7 Å². The number of pyridine rings is 1. The molecule has 9 nitrogen and oxygen atoms in total. The smallest absolute Gasteiger partial charge is 0.257 e. The molecule has 0 spiro atoms. The zero-order valence-corrected chi connectivity index (χ0v) is 25.3. The van der Waals surface area contributed by atoms with Crippen LogP contribution < -0.4 is 20.4 Å². The van der Waals surface area contributed by atoms with E-state index in [9.17, 15) is 19.8 Å². The van der Waals surface area contributed by atoms with Crippen LogP contribution in [-0.4, -0.2) is 77.1 Å². The molecule has 2 aromatic carbocycles. The van der Waals surface area contributed by atoms with Gasteiger partial charge in [0.25, 0.3) is 5.91 Å². The van der Waals surface area contributed by atoms with Gasteiger partial charge in [0.2, 0.25) is 5.43 Å². The second-order valence-corrected chi connectivity index (χ2v) is 12.0. The van der Waals surface area contributed by atoms with Crippen molar-refractivity contribution >= 4 is 45.7 Å². The summed E-state index contributed by atoms with van der Waals surface area (Å²) in [5, 5.41) is 23.0. The number of carbonyl (C=O) groups excluding carboxylic acids is 1. The molecule has 1 saturated carbocycles. The molecule has 2 fully saturated rings. The van der Waals surface area contributed by atoms with E-state index in [2.05, 4.69) is 10.2 Å². The quantitative estimate of drug-likeness (QED) is 0.332. The first-order valence-corrected chi connectivity index (χ1v) is 14.8. The van der Waals surface area contributed by atoms with Gasteiger partial charge in [0.15, 0.2) is 11.6 Å². The summed E-state index contributed by atoms with van der Waals surface area (Å²) in [6.45, 7) is 4.93. The summed E-state index contributed by atoms with van der Waals surface area (Å²) in [7, 11) is 1.45. The zero-order chi connectivity index (χ0) is 30.3. The highest BCUT2D eigenvalue weighted by Crippen LogP contribution is 2.44. The number of hydrogen-bond acceptors (Lipinski definition) is 7.